The second kappa shape index (κ2) is 8.79. The number of benzene rings is 1. The van der Waals surface area contributed by atoms with Crippen LogP contribution in [0.1, 0.15) is 20.9 Å². The summed E-state index contributed by atoms with van der Waals surface area (Å²) in [6, 6.07) is 9.11. The number of nitrogens with one attached hydrogen (secondary N) is 1. The summed E-state index contributed by atoms with van der Waals surface area (Å²) in [6.45, 7) is 2.11. The van der Waals surface area contributed by atoms with Crippen LogP contribution in [0.4, 0.5) is 13.2 Å². The lowest BCUT2D eigenvalue weighted by Crippen LogP contribution is -2.25. The molecule has 0 radical (unpaired) electrons. The molecule has 0 saturated carbocycles. The van der Waals surface area contributed by atoms with Gasteiger partial charge < -0.3 is 10.1 Å². The lowest BCUT2D eigenvalue weighted by Gasteiger charge is -2.12. The molecule has 1 aromatic carbocycles. The Balaban J connectivity index is 1.76. The molecule has 5 nitrogen and oxygen atoms in total. The van der Waals surface area contributed by atoms with Gasteiger partial charge in [0, 0.05) is 10.4 Å². The molecule has 0 aliphatic carbocycles. The molecule has 1 unspecified atom stereocenters. The lowest BCUT2D eigenvalue weighted by molar-refractivity contribution is -0.274. The molecule has 28 heavy (non-hydrogen) atoms. The molecule has 11 heteroatoms. The Bertz CT molecular complexity index is 990. The number of carbonyl (C=O) groups is 1. The second-order valence-corrected chi connectivity index (χ2v) is 8.79. The van der Waals surface area contributed by atoms with Crippen molar-refractivity contribution < 1.29 is 22.7 Å². The normalized spacial score (nSPS) is 11.9. The van der Waals surface area contributed by atoms with Crippen molar-refractivity contribution in [1.29, 1.82) is 0 Å². The zero-order valence-electron chi connectivity index (χ0n) is 14.4. The number of hydrogen-bond acceptors (Lipinski definition) is 4. The van der Waals surface area contributed by atoms with Crippen LogP contribution in [-0.2, 0) is 6.54 Å². The van der Waals surface area contributed by atoms with Crippen molar-refractivity contribution in [2.45, 2.75) is 19.8 Å². The maximum Gasteiger partial charge on any atom is 0.573 e. The van der Waals surface area contributed by atoms with Crippen molar-refractivity contribution in [3.8, 4) is 17.0 Å². The van der Waals surface area contributed by atoms with Gasteiger partial charge in [0.15, 0.2) is 0 Å². The number of thiophene rings is 1. The Morgan fingerprint density at radius 1 is 1.36 bits per heavy atom. The van der Waals surface area contributed by atoms with Crippen LogP contribution in [0.5, 0.6) is 5.75 Å². The number of ether oxygens (including phenoxy) is 1. The maximum absolute atomic E-state index is 12.5. The van der Waals surface area contributed by atoms with E-state index < -0.39 is 18.0 Å². The van der Waals surface area contributed by atoms with Gasteiger partial charge in [-0.3, -0.25) is 4.79 Å². The van der Waals surface area contributed by atoms with Gasteiger partial charge in [0.1, 0.15) is 5.75 Å². The van der Waals surface area contributed by atoms with E-state index in [1.165, 1.54) is 18.2 Å². The van der Waals surface area contributed by atoms with Crippen LogP contribution in [-0.4, -0.2) is 21.8 Å². The summed E-state index contributed by atoms with van der Waals surface area (Å²) in [5.41, 5.74) is 2.44. The molecule has 1 atom stereocenters. The molecule has 148 valence electrons. The highest BCUT2D eigenvalue weighted by molar-refractivity contribution is 14.2. The standard InChI is InChI=1S/C17H14F3IN3O2PS/c1-10-12(6-7-28-10)14-8-11(23-24(14)27-21)9-22-16(25)13-4-2-3-5-15(13)26-17(18,19)20/h2-8,27H,9H2,1H3,(H,22,25). The number of hydrogen-bond donors (Lipinski definition) is 1. The van der Waals surface area contributed by atoms with E-state index in [0.717, 1.165) is 22.2 Å². The van der Waals surface area contributed by atoms with Crippen molar-refractivity contribution in [2.24, 2.45) is 0 Å². The third kappa shape index (κ3) is 5.03. The highest BCUT2D eigenvalue weighted by Crippen LogP contribution is 2.35. The number of nitrogens with zero attached hydrogens (tertiary/aromatic N) is 2. The number of para-hydroxylation sites is 1. The van der Waals surface area contributed by atoms with Crippen LogP contribution in [0.3, 0.4) is 0 Å². The van der Waals surface area contributed by atoms with E-state index in [2.05, 4.69) is 37.2 Å². The first-order chi connectivity index (χ1) is 13.3. The van der Waals surface area contributed by atoms with Gasteiger partial charge in [0.25, 0.3) is 5.91 Å². The van der Waals surface area contributed by atoms with E-state index in [1.54, 1.807) is 11.3 Å². The molecule has 0 aliphatic heterocycles. The van der Waals surface area contributed by atoms with Crippen LogP contribution in [0, 0.1) is 6.92 Å². The number of halogens is 4. The van der Waals surface area contributed by atoms with Crippen LogP contribution < -0.4 is 10.1 Å². The van der Waals surface area contributed by atoms with Gasteiger partial charge in [-0.15, -0.1) is 24.5 Å². The smallest absolute Gasteiger partial charge is 0.405 e. The number of alkyl halides is 3. The van der Waals surface area contributed by atoms with E-state index in [-0.39, 0.29) is 12.1 Å². The van der Waals surface area contributed by atoms with Crippen LogP contribution in [0.2, 0.25) is 0 Å². The molecule has 0 aliphatic rings. The van der Waals surface area contributed by atoms with E-state index in [4.69, 9.17) is 0 Å². The topological polar surface area (TPSA) is 56.1 Å². The predicted molar refractivity (Wildman–Crippen MR) is 112 cm³/mol. The molecule has 3 aromatic rings. The quantitative estimate of drug-likeness (QED) is 0.331. The summed E-state index contributed by atoms with van der Waals surface area (Å²) < 4.78 is 43.3. The van der Waals surface area contributed by atoms with E-state index in [0.29, 0.717) is 12.1 Å². The van der Waals surface area contributed by atoms with Crippen LogP contribution in [0.25, 0.3) is 11.3 Å². The average Bonchev–Trinajstić information content (AvgIpc) is 3.24. The van der Waals surface area contributed by atoms with Gasteiger partial charge in [0.05, 0.1) is 29.9 Å². The minimum Gasteiger partial charge on any atom is -0.405 e. The van der Waals surface area contributed by atoms with Crippen molar-refractivity contribution in [3.63, 3.8) is 0 Å². The maximum atomic E-state index is 12.5. The number of carbonyl (C=O) groups excluding carboxylic acids is 1. The molecule has 3 rings (SSSR count). The summed E-state index contributed by atoms with van der Waals surface area (Å²) >= 11 is 3.85. The van der Waals surface area contributed by atoms with E-state index in [1.807, 2.05) is 28.9 Å². The van der Waals surface area contributed by atoms with E-state index in [9.17, 15) is 18.0 Å². The van der Waals surface area contributed by atoms with Gasteiger partial charge in [-0.05, 0) is 58.6 Å². The fourth-order valence-corrected chi connectivity index (χ4v) is 4.81. The molecule has 0 saturated heterocycles. The monoisotopic (exact) mass is 539 g/mol. The minimum atomic E-state index is -4.87. The van der Waals surface area contributed by atoms with Crippen molar-refractivity contribution in [2.75, 3.05) is 0 Å². The fraction of sp³-hybridized carbons (Fsp3) is 0.176. The summed E-state index contributed by atoms with van der Waals surface area (Å²) in [5, 5.41) is 9.08. The minimum absolute atomic E-state index is 0.0868. The third-order valence-corrected chi connectivity index (χ3v) is 6.48. The Labute approximate surface area is 177 Å². The molecule has 1 amide bonds. The molecule has 0 spiro atoms. The first-order valence-electron chi connectivity index (χ1n) is 7.91. The second-order valence-electron chi connectivity index (χ2n) is 5.63. The number of aromatic nitrogens is 2. The SMILES string of the molecule is Cc1sccc1-c1cc(CNC(=O)c2ccccc2OC(F)(F)F)nn1PI. The Hall–Kier alpha value is -1.65. The molecule has 2 heterocycles. The van der Waals surface area contributed by atoms with Crippen molar-refractivity contribution in [1.82, 2.24) is 14.9 Å². The predicted octanol–water partition coefficient (Wildman–Crippen LogP) is 5.54. The highest BCUT2D eigenvalue weighted by atomic mass is 127. The first-order valence-corrected chi connectivity index (χ1v) is 12.9. The largest absolute Gasteiger partial charge is 0.573 e. The van der Waals surface area contributed by atoms with Crippen molar-refractivity contribution >= 4 is 45.7 Å². The first kappa shape index (κ1) is 21.1. The van der Waals surface area contributed by atoms with Gasteiger partial charge >= 0.3 is 6.36 Å². The molecule has 2 aromatic heterocycles. The van der Waals surface area contributed by atoms with Gasteiger partial charge in [-0.1, -0.05) is 12.1 Å². The molecule has 0 bridgehead atoms. The fourth-order valence-electron chi connectivity index (χ4n) is 2.56. The Morgan fingerprint density at radius 3 is 2.75 bits per heavy atom. The number of aryl methyl sites for hydroxylation is 1. The van der Waals surface area contributed by atoms with Gasteiger partial charge in [0.2, 0.25) is 0 Å². The summed E-state index contributed by atoms with van der Waals surface area (Å²) in [5.74, 6) is -1.21. The number of amides is 1. The zero-order valence-corrected chi connectivity index (χ0v) is 18.4. The summed E-state index contributed by atoms with van der Waals surface area (Å²) in [4.78, 5) is 13.5. The van der Waals surface area contributed by atoms with Crippen molar-refractivity contribution in [3.05, 3.63) is 57.9 Å². The van der Waals surface area contributed by atoms with E-state index >= 15 is 0 Å². The summed E-state index contributed by atoms with van der Waals surface area (Å²) in [7, 11) is 0. The molecular weight excluding hydrogens is 525 g/mol. The summed E-state index contributed by atoms with van der Waals surface area (Å²) in [6.07, 6.45) is -4.50. The zero-order chi connectivity index (χ0) is 20.3. The molecule has 0 fully saturated rings. The third-order valence-electron chi connectivity index (χ3n) is 3.76. The van der Waals surface area contributed by atoms with Crippen LogP contribution >= 0.6 is 39.8 Å². The van der Waals surface area contributed by atoms with Crippen LogP contribution in [0.15, 0.2) is 41.8 Å². The highest BCUT2D eigenvalue weighted by Gasteiger charge is 2.32. The Morgan fingerprint density at radius 2 is 2.11 bits per heavy atom. The molecular formula is C17H14F3IN3O2PS. The van der Waals surface area contributed by atoms with Gasteiger partial charge in [-0.2, -0.15) is 5.10 Å². The van der Waals surface area contributed by atoms with Gasteiger partial charge in [-0.25, -0.2) is 4.45 Å². The molecule has 1 N–H and O–H groups in total. The number of rotatable bonds is 6. The Kier molecular flexibility index (Phi) is 6.61. The average molecular weight is 539 g/mol. The lowest BCUT2D eigenvalue weighted by atomic mass is 10.1.